The largest absolute Gasteiger partial charge is 0.482 e. The molecule has 0 spiro atoms. The molecule has 4 nitrogen and oxygen atoms in total. The molecule has 0 unspecified atom stereocenters. The molecule has 0 saturated carbocycles. The van der Waals surface area contributed by atoms with Gasteiger partial charge in [0.15, 0.2) is 6.61 Å². The average Bonchev–Trinajstić information content (AvgIpc) is 2.15. The maximum absolute atomic E-state index is 11.5. The van der Waals surface area contributed by atoms with Crippen LogP contribution in [0.4, 0.5) is 0 Å². The quantitative estimate of drug-likeness (QED) is 0.838. The molecule has 4 heteroatoms. The highest BCUT2D eigenvalue weighted by Crippen LogP contribution is 2.26. The molecule has 1 aliphatic carbocycles. The molecule has 0 saturated heterocycles. The molecule has 1 aromatic carbocycles. The monoisotopic (exact) mass is 251 g/mol. The Bertz CT molecular complexity index is 435. The first kappa shape index (κ1) is 14.5. The van der Waals surface area contributed by atoms with Crippen LogP contribution in [-0.4, -0.2) is 18.2 Å². The zero-order chi connectivity index (χ0) is 12.5. The van der Waals surface area contributed by atoms with Gasteiger partial charge in [0, 0.05) is 0 Å². The van der Waals surface area contributed by atoms with Gasteiger partial charge in [0.05, 0.1) is 0 Å². The SMILES string of the molecule is CC(C)(C)OC(=O)COc1ccc2c(c1)CC2.N. The number of esters is 1. The lowest BCUT2D eigenvalue weighted by Gasteiger charge is -2.21. The lowest BCUT2D eigenvalue weighted by atomic mass is 9.89. The molecule has 1 aliphatic rings. The minimum absolute atomic E-state index is 0. The van der Waals surface area contributed by atoms with E-state index in [9.17, 15) is 4.79 Å². The third-order valence-corrected chi connectivity index (χ3v) is 2.62. The van der Waals surface area contributed by atoms with Gasteiger partial charge in [-0.05, 0) is 56.9 Å². The van der Waals surface area contributed by atoms with Crippen LogP contribution in [0.5, 0.6) is 5.75 Å². The maximum atomic E-state index is 11.5. The summed E-state index contributed by atoms with van der Waals surface area (Å²) in [5.41, 5.74) is 2.25. The minimum atomic E-state index is -0.457. The van der Waals surface area contributed by atoms with Gasteiger partial charge in [-0.3, -0.25) is 0 Å². The summed E-state index contributed by atoms with van der Waals surface area (Å²) in [6.07, 6.45) is 2.26. The van der Waals surface area contributed by atoms with E-state index in [4.69, 9.17) is 9.47 Å². The lowest BCUT2D eigenvalue weighted by molar-refractivity contribution is -0.157. The number of benzene rings is 1. The molecule has 0 heterocycles. The standard InChI is InChI=1S/C14H18O3.H3N/c1-14(2,3)17-13(15)9-16-12-7-6-10-4-5-11(10)8-12;/h6-8H,4-5,9H2,1-3H3;1H3. The lowest BCUT2D eigenvalue weighted by Crippen LogP contribution is -2.27. The van der Waals surface area contributed by atoms with Crippen molar-refractivity contribution < 1.29 is 14.3 Å². The second kappa shape index (κ2) is 5.40. The van der Waals surface area contributed by atoms with E-state index in [-0.39, 0.29) is 18.7 Å². The van der Waals surface area contributed by atoms with E-state index in [1.165, 1.54) is 11.1 Å². The van der Waals surface area contributed by atoms with Gasteiger partial charge in [-0.2, -0.15) is 0 Å². The van der Waals surface area contributed by atoms with Crippen molar-refractivity contribution in [2.75, 3.05) is 6.61 Å². The molecule has 0 radical (unpaired) electrons. The number of hydrogen-bond acceptors (Lipinski definition) is 4. The van der Waals surface area contributed by atoms with Crippen LogP contribution < -0.4 is 10.9 Å². The van der Waals surface area contributed by atoms with Gasteiger partial charge in [0.25, 0.3) is 0 Å². The molecular weight excluding hydrogens is 230 g/mol. The van der Waals surface area contributed by atoms with Crippen LogP contribution in [0.1, 0.15) is 31.9 Å². The number of carbonyl (C=O) groups excluding carboxylic acids is 1. The Morgan fingerprint density at radius 1 is 1.22 bits per heavy atom. The molecule has 1 aromatic rings. The molecule has 18 heavy (non-hydrogen) atoms. The Morgan fingerprint density at radius 2 is 1.89 bits per heavy atom. The molecule has 0 atom stereocenters. The van der Waals surface area contributed by atoms with Gasteiger partial charge in [-0.25, -0.2) is 4.79 Å². The van der Waals surface area contributed by atoms with Gasteiger partial charge in [0.1, 0.15) is 11.4 Å². The Balaban J connectivity index is 0.00000162. The highest BCUT2D eigenvalue weighted by Gasteiger charge is 2.17. The second-order valence-corrected chi connectivity index (χ2v) is 5.31. The maximum Gasteiger partial charge on any atom is 0.344 e. The number of carbonyl (C=O) groups is 1. The molecule has 0 fully saturated rings. The molecule has 100 valence electrons. The fourth-order valence-electron chi connectivity index (χ4n) is 1.77. The number of hydrogen-bond donors (Lipinski definition) is 1. The van der Waals surface area contributed by atoms with Crippen molar-refractivity contribution in [3.05, 3.63) is 29.3 Å². The summed E-state index contributed by atoms with van der Waals surface area (Å²) >= 11 is 0. The smallest absolute Gasteiger partial charge is 0.344 e. The predicted octanol–water partition coefficient (Wildman–Crippen LogP) is 2.67. The van der Waals surface area contributed by atoms with Gasteiger partial charge in [0.2, 0.25) is 0 Å². The zero-order valence-corrected chi connectivity index (χ0v) is 11.3. The first-order valence-electron chi connectivity index (χ1n) is 5.90. The number of ether oxygens (including phenoxy) is 2. The average molecular weight is 251 g/mol. The van der Waals surface area contributed by atoms with Crippen LogP contribution in [0.2, 0.25) is 0 Å². The molecule has 0 aliphatic heterocycles. The number of aryl methyl sites for hydroxylation is 2. The first-order chi connectivity index (χ1) is 7.94. The summed E-state index contributed by atoms with van der Waals surface area (Å²) in [7, 11) is 0. The van der Waals surface area contributed by atoms with Crippen molar-refractivity contribution in [1.29, 1.82) is 0 Å². The van der Waals surface area contributed by atoms with Crippen LogP contribution in [0, 0.1) is 0 Å². The van der Waals surface area contributed by atoms with E-state index in [2.05, 4.69) is 6.07 Å². The third-order valence-electron chi connectivity index (χ3n) is 2.62. The fraction of sp³-hybridized carbons (Fsp3) is 0.500. The Kier molecular flexibility index (Phi) is 4.35. The zero-order valence-electron chi connectivity index (χ0n) is 11.3. The molecule has 0 bridgehead atoms. The van der Waals surface area contributed by atoms with E-state index in [0.29, 0.717) is 0 Å². The van der Waals surface area contributed by atoms with Crippen molar-refractivity contribution in [2.24, 2.45) is 0 Å². The topological polar surface area (TPSA) is 70.5 Å². The van der Waals surface area contributed by atoms with Crippen LogP contribution in [-0.2, 0) is 22.4 Å². The van der Waals surface area contributed by atoms with Gasteiger partial charge in [-0.1, -0.05) is 6.07 Å². The molecule has 3 N–H and O–H groups in total. The van der Waals surface area contributed by atoms with Crippen LogP contribution in [0.3, 0.4) is 0 Å². The Hall–Kier alpha value is -1.55. The van der Waals surface area contributed by atoms with Crippen LogP contribution in [0.15, 0.2) is 18.2 Å². The first-order valence-corrected chi connectivity index (χ1v) is 5.90. The third kappa shape index (κ3) is 3.74. The van der Waals surface area contributed by atoms with Gasteiger partial charge < -0.3 is 15.6 Å². The fourth-order valence-corrected chi connectivity index (χ4v) is 1.77. The molecule has 0 aromatic heterocycles. The summed E-state index contributed by atoms with van der Waals surface area (Å²) in [6.45, 7) is 5.50. The van der Waals surface area contributed by atoms with E-state index in [0.717, 1.165) is 18.6 Å². The van der Waals surface area contributed by atoms with E-state index in [1.54, 1.807) is 0 Å². The summed E-state index contributed by atoms with van der Waals surface area (Å²) in [5, 5.41) is 0. The minimum Gasteiger partial charge on any atom is -0.482 e. The van der Waals surface area contributed by atoms with Crippen molar-refractivity contribution in [3.63, 3.8) is 0 Å². The van der Waals surface area contributed by atoms with E-state index < -0.39 is 5.60 Å². The van der Waals surface area contributed by atoms with Crippen LogP contribution in [0.25, 0.3) is 0 Å². The highest BCUT2D eigenvalue weighted by atomic mass is 16.6. The summed E-state index contributed by atoms with van der Waals surface area (Å²) in [4.78, 5) is 11.5. The van der Waals surface area contributed by atoms with Gasteiger partial charge in [-0.15, -0.1) is 0 Å². The Morgan fingerprint density at radius 3 is 2.39 bits per heavy atom. The molecular formula is C14H21NO3. The van der Waals surface area contributed by atoms with Gasteiger partial charge >= 0.3 is 5.97 Å². The number of fused-ring (bicyclic) bond motifs is 1. The molecule has 2 rings (SSSR count). The predicted molar refractivity (Wildman–Crippen MR) is 70.2 cm³/mol. The summed E-state index contributed by atoms with van der Waals surface area (Å²) < 4.78 is 10.6. The van der Waals surface area contributed by atoms with Crippen molar-refractivity contribution in [3.8, 4) is 5.75 Å². The number of rotatable bonds is 3. The van der Waals surface area contributed by atoms with E-state index >= 15 is 0 Å². The van der Waals surface area contributed by atoms with Crippen molar-refractivity contribution in [1.82, 2.24) is 6.15 Å². The van der Waals surface area contributed by atoms with Crippen molar-refractivity contribution in [2.45, 2.75) is 39.2 Å². The summed E-state index contributed by atoms with van der Waals surface area (Å²) in [5.74, 6) is 0.412. The summed E-state index contributed by atoms with van der Waals surface area (Å²) in [6, 6.07) is 5.97. The second-order valence-electron chi connectivity index (χ2n) is 5.31. The Labute approximate surface area is 108 Å². The van der Waals surface area contributed by atoms with Crippen LogP contribution >= 0.6 is 0 Å². The highest BCUT2D eigenvalue weighted by molar-refractivity contribution is 5.71. The normalized spacial score (nSPS) is 12.8. The van der Waals surface area contributed by atoms with E-state index in [1.807, 2.05) is 32.9 Å². The van der Waals surface area contributed by atoms with Crippen molar-refractivity contribution >= 4 is 5.97 Å². The molecule has 0 amide bonds.